The minimum atomic E-state index is -1.40. The molecule has 8 nitrogen and oxygen atoms in total. The Labute approximate surface area is 183 Å². The summed E-state index contributed by atoms with van der Waals surface area (Å²) >= 11 is 1.11. The summed E-state index contributed by atoms with van der Waals surface area (Å²) in [5, 5.41) is 15.4. The largest absolute Gasteiger partial charge is 0.465 e. The van der Waals surface area contributed by atoms with Crippen molar-refractivity contribution in [3.63, 3.8) is 0 Å². The number of aliphatic hydroxyl groups excluding tert-OH is 1. The van der Waals surface area contributed by atoms with Gasteiger partial charge in [-0.05, 0) is 27.7 Å². The SMILES string of the molecule is CC#CCC(=O)SCCNC(=O)CCNC(=O)[C@H](O)C(C)(C)COC(=O)C(C)(C)C. The van der Waals surface area contributed by atoms with Crippen molar-refractivity contribution in [2.45, 2.75) is 60.5 Å². The zero-order chi connectivity index (χ0) is 23.4. The van der Waals surface area contributed by atoms with E-state index in [2.05, 4.69) is 22.5 Å². The number of aliphatic hydroxyl groups is 1. The van der Waals surface area contributed by atoms with Gasteiger partial charge in [0.15, 0.2) is 0 Å². The van der Waals surface area contributed by atoms with Crippen LogP contribution in [0.1, 0.15) is 54.4 Å². The van der Waals surface area contributed by atoms with Crippen LogP contribution in [0.25, 0.3) is 0 Å². The van der Waals surface area contributed by atoms with E-state index in [0.717, 1.165) is 11.8 Å². The second-order valence-electron chi connectivity index (χ2n) is 8.43. The van der Waals surface area contributed by atoms with Crippen LogP contribution in [0, 0.1) is 22.7 Å². The van der Waals surface area contributed by atoms with Gasteiger partial charge in [-0.15, -0.1) is 5.92 Å². The van der Waals surface area contributed by atoms with Gasteiger partial charge in [-0.2, -0.15) is 0 Å². The van der Waals surface area contributed by atoms with Gasteiger partial charge in [0.25, 0.3) is 0 Å². The Morgan fingerprint density at radius 3 is 2.27 bits per heavy atom. The fraction of sp³-hybridized carbons (Fsp3) is 0.714. The van der Waals surface area contributed by atoms with Crippen molar-refractivity contribution < 1.29 is 29.0 Å². The van der Waals surface area contributed by atoms with Gasteiger partial charge >= 0.3 is 5.97 Å². The zero-order valence-corrected chi connectivity index (χ0v) is 19.5. The Morgan fingerprint density at radius 1 is 1.07 bits per heavy atom. The number of carbonyl (C=O) groups excluding carboxylic acids is 4. The number of nitrogens with one attached hydrogen (secondary N) is 2. The smallest absolute Gasteiger partial charge is 0.311 e. The van der Waals surface area contributed by atoms with Crippen LogP contribution in [-0.4, -0.2) is 59.6 Å². The van der Waals surface area contributed by atoms with Gasteiger partial charge in [-0.3, -0.25) is 19.2 Å². The summed E-state index contributed by atoms with van der Waals surface area (Å²) in [7, 11) is 0. The minimum Gasteiger partial charge on any atom is -0.465 e. The van der Waals surface area contributed by atoms with Gasteiger partial charge in [-0.25, -0.2) is 0 Å². The van der Waals surface area contributed by atoms with Gasteiger partial charge in [0, 0.05) is 30.7 Å². The van der Waals surface area contributed by atoms with E-state index in [4.69, 9.17) is 4.74 Å². The number of carbonyl (C=O) groups is 4. The fourth-order valence-corrected chi connectivity index (χ4v) is 2.56. The first-order chi connectivity index (χ1) is 13.8. The summed E-state index contributed by atoms with van der Waals surface area (Å²) in [6, 6.07) is 0. The molecule has 1 atom stereocenters. The lowest BCUT2D eigenvalue weighted by Gasteiger charge is -2.30. The third-order valence-electron chi connectivity index (χ3n) is 3.92. The van der Waals surface area contributed by atoms with E-state index in [1.807, 2.05) is 0 Å². The first-order valence-corrected chi connectivity index (χ1v) is 10.7. The van der Waals surface area contributed by atoms with Crippen LogP contribution < -0.4 is 10.6 Å². The first kappa shape index (κ1) is 27.9. The number of thioether (sulfide) groups is 1. The molecule has 3 N–H and O–H groups in total. The maximum Gasteiger partial charge on any atom is 0.311 e. The Bertz CT molecular complexity index is 673. The topological polar surface area (TPSA) is 122 Å². The highest BCUT2D eigenvalue weighted by Crippen LogP contribution is 2.24. The maximum absolute atomic E-state index is 12.1. The summed E-state index contributed by atoms with van der Waals surface area (Å²) in [5.41, 5.74) is -1.66. The molecule has 0 bridgehead atoms. The zero-order valence-electron chi connectivity index (χ0n) is 18.7. The van der Waals surface area contributed by atoms with Crippen molar-refractivity contribution in [1.29, 1.82) is 0 Å². The molecular formula is C21H34N2O6S. The molecule has 0 saturated heterocycles. The van der Waals surface area contributed by atoms with Gasteiger partial charge in [-0.1, -0.05) is 31.5 Å². The standard InChI is InChI=1S/C21H34N2O6S/c1-7-8-9-16(25)30-13-12-22-15(24)10-11-23-18(27)17(26)21(5,6)14-29-19(28)20(2,3)4/h17,26H,9-14H2,1-6H3,(H,22,24)(H,23,27)/t17-/m0/s1. The monoisotopic (exact) mass is 442 g/mol. The number of hydrogen-bond donors (Lipinski definition) is 3. The second-order valence-corrected chi connectivity index (χ2v) is 9.58. The Morgan fingerprint density at radius 2 is 1.70 bits per heavy atom. The molecule has 0 aliphatic rings. The summed E-state index contributed by atoms with van der Waals surface area (Å²) < 4.78 is 5.20. The molecule has 0 aromatic heterocycles. The molecule has 2 amide bonds. The molecular weight excluding hydrogens is 408 g/mol. The highest BCUT2D eigenvalue weighted by Gasteiger charge is 2.36. The highest BCUT2D eigenvalue weighted by molar-refractivity contribution is 8.13. The molecule has 0 aliphatic carbocycles. The van der Waals surface area contributed by atoms with Gasteiger partial charge in [0.05, 0.1) is 18.4 Å². The molecule has 9 heteroatoms. The number of ether oxygens (including phenoxy) is 1. The van der Waals surface area contributed by atoms with E-state index < -0.39 is 28.8 Å². The summed E-state index contributed by atoms with van der Waals surface area (Å²) in [4.78, 5) is 47.2. The van der Waals surface area contributed by atoms with E-state index >= 15 is 0 Å². The molecule has 0 radical (unpaired) electrons. The molecule has 0 heterocycles. The van der Waals surface area contributed by atoms with Crippen LogP contribution in [-0.2, 0) is 23.9 Å². The highest BCUT2D eigenvalue weighted by atomic mass is 32.2. The van der Waals surface area contributed by atoms with Crippen LogP contribution in [0.5, 0.6) is 0 Å². The van der Waals surface area contributed by atoms with E-state index in [0.29, 0.717) is 12.3 Å². The van der Waals surface area contributed by atoms with E-state index in [1.54, 1.807) is 41.5 Å². The van der Waals surface area contributed by atoms with Crippen LogP contribution in [0.4, 0.5) is 0 Å². The van der Waals surface area contributed by atoms with Crippen molar-refractivity contribution in [2.75, 3.05) is 25.4 Å². The van der Waals surface area contributed by atoms with Gasteiger partial charge in [0.1, 0.15) is 6.10 Å². The van der Waals surface area contributed by atoms with E-state index in [9.17, 15) is 24.3 Å². The molecule has 0 aromatic rings. The summed E-state index contributed by atoms with van der Waals surface area (Å²) in [5.74, 6) is 4.44. The summed E-state index contributed by atoms with van der Waals surface area (Å²) in [6.07, 6.45) is -1.17. The van der Waals surface area contributed by atoms with E-state index in [1.165, 1.54) is 0 Å². The van der Waals surface area contributed by atoms with Crippen LogP contribution >= 0.6 is 11.8 Å². The molecule has 30 heavy (non-hydrogen) atoms. The lowest BCUT2D eigenvalue weighted by atomic mass is 9.86. The third kappa shape index (κ3) is 11.8. The molecule has 0 unspecified atom stereocenters. The second kappa shape index (κ2) is 13.3. The molecule has 0 saturated carbocycles. The Kier molecular flexibility index (Phi) is 12.4. The van der Waals surface area contributed by atoms with Crippen molar-refractivity contribution in [3.8, 4) is 11.8 Å². The molecule has 0 aromatic carbocycles. The number of rotatable bonds is 11. The molecule has 0 spiro atoms. The average Bonchev–Trinajstić information content (AvgIpc) is 2.66. The quantitative estimate of drug-likeness (QED) is 0.250. The van der Waals surface area contributed by atoms with Crippen LogP contribution in [0.3, 0.4) is 0 Å². The molecule has 170 valence electrons. The molecule has 0 aliphatic heterocycles. The normalized spacial score (nSPS) is 12.2. The van der Waals surface area contributed by atoms with E-state index in [-0.39, 0.29) is 37.0 Å². The molecule has 0 rings (SSSR count). The van der Waals surface area contributed by atoms with Crippen molar-refractivity contribution in [1.82, 2.24) is 10.6 Å². The Balaban J connectivity index is 4.17. The average molecular weight is 443 g/mol. The van der Waals surface area contributed by atoms with Crippen molar-refractivity contribution in [2.24, 2.45) is 10.8 Å². The number of esters is 1. The van der Waals surface area contributed by atoms with Gasteiger partial charge < -0.3 is 20.5 Å². The van der Waals surface area contributed by atoms with Crippen LogP contribution in [0.2, 0.25) is 0 Å². The fourth-order valence-electron chi connectivity index (χ4n) is 1.95. The third-order valence-corrected chi connectivity index (χ3v) is 4.80. The van der Waals surface area contributed by atoms with Crippen molar-refractivity contribution >= 4 is 34.7 Å². The maximum atomic E-state index is 12.1. The van der Waals surface area contributed by atoms with Crippen molar-refractivity contribution in [3.05, 3.63) is 0 Å². The molecule has 0 fully saturated rings. The predicted octanol–water partition coefficient (Wildman–Crippen LogP) is 1.26. The van der Waals surface area contributed by atoms with Crippen LogP contribution in [0.15, 0.2) is 0 Å². The number of amides is 2. The predicted molar refractivity (Wildman–Crippen MR) is 116 cm³/mol. The number of hydrogen-bond acceptors (Lipinski definition) is 7. The first-order valence-electron chi connectivity index (χ1n) is 9.76. The lowest BCUT2D eigenvalue weighted by molar-refractivity contribution is -0.161. The Hall–Kier alpha value is -2.05. The summed E-state index contributed by atoms with van der Waals surface area (Å²) in [6.45, 7) is 10.3. The minimum absolute atomic E-state index is 0.0395. The van der Waals surface area contributed by atoms with Gasteiger partial charge in [0.2, 0.25) is 16.9 Å². The lowest BCUT2D eigenvalue weighted by Crippen LogP contribution is -2.47.